The Kier molecular flexibility index (Phi) is 3.62. The highest BCUT2D eigenvalue weighted by Crippen LogP contribution is 2.19. The van der Waals surface area contributed by atoms with E-state index in [4.69, 9.17) is 0 Å². The number of hydrogen-bond acceptors (Lipinski definition) is 2. The van der Waals surface area contributed by atoms with Gasteiger partial charge in [-0.05, 0) is 35.9 Å². The molecule has 0 radical (unpaired) electrons. The van der Waals surface area contributed by atoms with Gasteiger partial charge in [-0.1, -0.05) is 0 Å². The predicted molar refractivity (Wildman–Crippen MR) is 59.2 cm³/mol. The van der Waals surface area contributed by atoms with Crippen LogP contribution < -0.4 is 0 Å². The van der Waals surface area contributed by atoms with Crippen molar-refractivity contribution >= 4 is 0 Å². The molecule has 1 aromatic carbocycles. The van der Waals surface area contributed by atoms with Crippen LogP contribution in [0.1, 0.15) is 17.4 Å². The lowest BCUT2D eigenvalue weighted by Crippen LogP contribution is -2.06. The number of pyridine rings is 1. The number of benzene rings is 1. The standard InChI is InChI=1S/C13H10F3NO/c14-9-1-3-11(16)8(5-9)6-13(18)12-4-2-10(15)7-17-12/h1-5,7,13,18H,6H2. The summed E-state index contributed by atoms with van der Waals surface area (Å²) in [5.74, 6) is -1.70. The maximum absolute atomic E-state index is 13.4. The molecule has 1 unspecified atom stereocenters. The van der Waals surface area contributed by atoms with Gasteiger partial charge in [0.05, 0.1) is 11.9 Å². The number of hydrogen-bond donors (Lipinski definition) is 1. The van der Waals surface area contributed by atoms with E-state index < -0.39 is 23.6 Å². The largest absolute Gasteiger partial charge is 0.386 e. The molecule has 0 bridgehead atoms. The van der Waals surface area contributed by atoms with Crippen LogP contribution in [0.4, 0.5) is 13.2 Å². The van der Waals surface area contributed by atoms with Gasteiger partial charge in [-0.25, -0.2) is 13.2 Å². The molecule has 2 rings (SSSR count). The molecular weight excluding hydrogens is 243 g/mol. The molecule has 0 fully saturated rings. The van der Waals surface area contributed by atoms with Crippen LogP contribution in [0.25, 0.3) is 0 Å². The Morgan fingerprint density at radius 1 is 1.06 bits per heavy atom. The number of nitrogens with zero attached hydrogens (tertiary/aromatic N) is 1. The van der Waals surface area contributed by atoms with Crippen molar-refractivity contribution in [2.24, 2.45) is 0 Å². The Morgan fingerprint density at radius 3 is 2.44 bits per heavy atom. The number of aliphatic hydroxyl groups excluding tert-OH is 1. The van der Waals surface area contributed by atoms with Gasteiger partial charge < -0.3 is 5.11 Å². The second-order valence-corrected chi connectivity index (χ2v) is 3.86. The van der Waals surface area contributed by atoms with E-state index >= 15 is 0 Å². The Morgan fingerprint density at radius 2 is 1.78 bits per heavy atom. The molecule has 2 nitrogen and oxygen atoms in total. The van der Waals surface area contributed by atoms with Gasteiger partial charge in [0.1, 0.15) is 23.6 Å². The lowest BCUT2D eigenvalue weighted by atomic mass is 10.0. The van der Waals surface area contributed by atoms with Crippen molar-refractivity contribution in [1.29, 1.82) is 0 Å². The molecule has 0 spiro atoms. The molecule has 0 aliphatic carbocycles. The predicted octanol–water partition coefficient (Wildman–Crippen LogP) is 2.78. The molecule has 1 atom stereocenters. The highest BCUT2D eigenvalue weighted by Gasteiger charge is 2.13. The van der Waals surface area contributed by atoms with Gasteiger partial charge in [-0.2, -0.15) is 0 Å². The van der Waals surface area contributed by atoms with Crippen LogP contribution in [0, 0.1) is 17.5 Å². The first kappa shape index (κ1) is 12.6. The normalized spacial score (nSPS) is 12.4. The maximum atomic E-state index is 13.4. The second-order valence-electron chi connectivity index (χ2n) is 3.86. The second kappa shape index (κ2) is 5.18. The van der Waals surface area contributed by atoms with Crippen molar-refractivity contribution in [2.45, 2.75) is 12.5 Å². The summed E-state index contributed by atoms with van der Waals surface area (Å²) in [5, 5.41) is 9.81. The van der Waals surface area contributed by atoms with Gasteiger partial charge in [0, 0.05) is 6.42 Å². The van der Waals surface area contributed by atoms with Crippen molar-refractivity contribution in [1.82, 2.24) is 4.98 Å². The number of halogens is 3. The fourth-order valence-electron chi connectivity index (χ4n) is 1.60. The average molecular weight is 253 g/mol. The van der Waals surface area contributed by atoms with Crippen LogP contribution in [-0.2, 0) is 6.42 Å². The van der Waals surface area contributed by atoms with E-state index in [-0.39, 0.29) is 17.7 Å². The molecule has 1 N–H and O–H groups in total. The quantitative estimate of drug-likeness (QED) is 0.912. The van der Waals surface area contributed by atoms with E-state index in [2.05, 4.69) is 4.98 Å². The topological polar surface area (TPSA) is 33.1 Å². The molecule has 94 valence electrons. The molecule has 18 heavy (non-hydrogen) atoms. The minimum Gasteiger partial charge on any atom is -0.386 e. The van der Waals surface area contributed by atoms with Crippen LogP contribution >= 0.6 is 0 Å². The lowest BCUT2D eigenvalue weighted by Gasteiger charge is -2.10. The minimum absolute atomic E-state index is 0.0497. The molecular formula is C13H10F3NO. The van der Waals surface area contributed by atoms with Gasteiger partial charge in [0.2, 0.25) is 0 Å². The van der Waals surface area contributed by atoms with Crippen molar-refractivity contribution in [2.75, 3.05) is 0 Å². The summed E-state index contributed by atoms with van der Waals surface area (Å²) in [6.45, 7) is 0. The maximum Gasteiger partial charge on any atom is 0.141 e. The zero-order valence-corrected chi connectivity index (χ0v) is 9.28. The van der Waals surface area contributed by atoms with Crippen molar-refractivity contribution in [3.05, 3.63) is 65.2 Å². The van der Waals surface area contributed by atoms with Crippen LogP contribution in [0.5, 0.6) is 0 Å². The molecule has 0 saturated heterocycles. The summed E-state index contributed by atoms with van der Waals surface area (Å²) in [6.07, 6.45) is -0.273. The number of aliphatic hydroxyl groups is 1. The zero-order chi connectivity index (χ0) is 13.1. The Labute approximate surface area is 102 Å². The summed E-state index contributed by atoms with van der Waals surface area (Å²) in [5.41, 5.74) is 0.258. The van der Waals surface area contributed by atoms with Crippen LogP contribution in [-0.4, -0.2) is 10.1 Å². The van der Waals surface area contributed by atoms with E-state index in [1.165, 1.54) is 6.07 Å². The lowest BCUT2D eigenvalue weighted by molar-refractivity contribution is 0.172. The molecule has 1 aromatic heterocycles. The van der Waals surface area contributed by atoms with Gasteiger partial charge in [0.15, 0.2) is 0 Å². The van der Waals surface area contributed by atoms with E-state index in [1.54, 1.807) is 0 Å². The molecule has 0 saturated carbocycles. The van der Waals surface area contributed by atoms with Crippen molar-refractivity contribution < 1.29 is 18.3 Å². The third kappa shape index (κ3) is 2.87. The highest BCUT2D eigenvalue weighted by molar-refractivity contribution is 5.21. The van der Waals surface area contributed by atoms with Gasteiger partial charge in [-0.3, -0.25) is 4.98 Å². The molecule has 0 aliphatic heterocycles. The first-order chi connectivity index (χ1) is 8.56. The van der Waals surface area contributed by atoms with Crippen molar-refractivity contribution in [3.8, 4) is 0 Å². The summed E-state index contributed by atoms with van der Waals surface area (Å²) in [7, 11) is 0. The monoisotopic (exact) mass is 253 g/mol. The van der Waals surface area contributed by atoms with Crippen LogP contribution in [0.15, 0.2) is 36.5 Å². The first-order valence-corrected chi connectivity index (χ1v) is 5.29. The Bertz CT molecular complexity index is 542. The number of aromatic nitrogens is 1. The van der Waals surface area contributed by atoms with E-state index in [0.717, 1.165) is 30.5 Å². The van der Waals surface area contributed by atoms with Crippen LogP contribution in [0.3, 0.4) is 0 Å². The molecule has 0 amide bonds. The molecule has 5 heteroatoms. The Hall–Kier alpha value is -1.88. The SMILES string of the molecule is OC(Cc1cc(F)ccc1F)c1ccc(F)cn1. The third-order valence-corrected chi connectivity index (χ3v) is 2.51. The summed E-state index contributed by atoms with van der Waals surface area (Å²) >= 11 is 0. The fraction of sp³-hybridized carbons (Fsp3) is 0.154. The Balaban J connectivity index is 2.18. The van der Waals surface area contributed by atoms with E-state index in [0.29, 0.717) is 0 Å². The molecule has 1 heterocycles. The van der Waals surface area contributed by atoms with Crippen molar-refractivity contribution in [3.63, 3.8) is 0 Å². The van der Waals surface area contributed by atoms with Crippen LogP contribution in [0.2, 0.25) is 0 Å². The smallest absolute Gasteiger partial charge is 0.141 e. The highest BCUT2D eigenvalue weighted by atomic mass is 19.1. The van der Waals surface area contributed by atoms with Gasteiger partial charge >= 0.3 is 0 Å². The summed E-state index contributed by atoms with van der Waals surface area (Å²) < 4.78 is 38.9. The minimum atomic E-state index is -1.11. The number of rotatable bonds is 3. The van der Waals surface area contributed by atoms with E-state index in [9.17, 15) is 18.3 Å². The average Bonchev–Trinajstić information content (AvgIpc) is 2.34. The molecule has 2 aromatic rings. The first-order valence-electron chi connectivity index (χ1n) is 5.29. The fourth-order valence-corrected chi connectivity index (χ4v) is 1.60. The third-order valence-electron chi connectivity index (χ3n) is 2.51. The zero-order valence-electron chi connectivity index (χ0n) is 9.28. The summed E-state index contributed by atoms with van der Waals surface area (Å²) in [4.78, 5) is 3.69. The summed E-state index contributed by atoms with van der Waals surface area (Å²) in [6, 6.07) is 5.46. The van der Waals surface area contributed by atoms with E-state index in [1.807, 2.05) is 0 Å². The van der Waals surface area contributed by atoms with Gasteiger partial charge in [-0.15, -0.1) is 0 Å². The molecule has 0 aliphatic rings. The van der Waals surface area contributed by atoms with Gasteiger partial charge in [0.25, 0.3) is 0 Å².